The lowest BCUT2D eigenvalue weighted by Crippen LogP contribution is -2.55. The molecule has 0 heterocycles. The average molecular weight is 512 g/mol. The highest BCUT2D eigenvalue weighted by molar-refractivity contribution is 6.05. The molecule has 1 saturated carbocycles. The van der Waals surface area contributed by atoms with Gasteiger partial charge in [0.15, 0.2) is 0 Å². The van der Waals surface area contributed by atoms with Crippen LogP contribution in [-0.2, 0) is 35.9 Å². The molecule has 0 radical (unpaired) electrons. The van der Waals surface area contributed by atoms with Crippen LogP contribution in [0.4, 0.5) is 0 Å². The number of esters is 2. The second-order valence-electron chi connectivity index (χ2n) is 10.6. The Kier molecular flexibility index (Phi) is 10.5. The molecular weight excluding hydrogens is 470 g/mol. The number of rotatable bonds is 10. The molecule has 0 spiro atoms. The molecule has 1 fully saturated rings. The Morgan fingerprint density at radius 3 is 2.08 bits per heavy atom. The summed E-state index contributed by atoms with van der Waals surface area (Å²) in [6.45, 7) is 6.07. The zero-order chi connectivity index (χ0) is 26.7. The molecule has 0 aliphatic heterocycles. The van der Waals surface area contributed by atoms with Crippen molar-refractivity contribution in [2.75, 3.05) is 13.2 Å². The molecule has 0 amide bonds. The molecule has 37 heavy (non-hydrogen) atoms. The molecule has 202 valence electrons. The van der Waals surface area contributed by atoms with Crippen molar-refractivity contribution in [1.29, 1.82) is 0 Å². The highest BCUT2D eigenvalue weighted by Crippen LogP contribution is 2.27. The Hall–Kier alpha value is -2.90. The van der Waals surface area contributed by atoms with Crippen molar-refractivity contribution < 1.29 is 28.5 Å². The molecule has 0 saturated heterocycles. The van der Waals surface area contributed by atoms with Gasteiger partial charge in [-0.15, -0.1) is 0 Å². The Labute approximate surface area is 220 Å². The van der Waals surface area contributed by atoms with Crippen molar-refractivity contribution in [1.82, 2.24) is 0 Å². The zero-order valence-electron chi connectivity index (χ0n) is 22.4. The molecule has 2 aromatic rings. The third kappa shape index (κ3) is 8.86. The van der Waals surface area contributed by atoms with Crippen LogP contribution in [0.3, 0.4) is 0 Å². The fourth-order valence-corrected chi connectivity index (χ4v) is 4.29. The van der Waals surface area contributed by atoms with Gasteiger partial charge in [-0.3, -0.25) is 0 Å². The highest BCUT2D eigenvalue weighted by Gasteiger charge is 2.48. The number of hydrogen-bond acceptors (Lipinski definition) is 7. The molecule has 1 aliphatic rings. The van der Waals surface area contributed by atoms with Crippen molar-refractivity contribution in [3.05, 3.63) is 65.7 Å². The minimum Gasteiger partial charge on any atom is -0.491 e. The van der Waals surface area contributed by atoms with Crippen molar-refractivity contribution in [3.8, 4) is 5.75 Å². The van der Waals surface area contributed by atoms with Gasteiger partial charge >= 0.3 is 11.9 Å². The first-order valence-electron chi connectivity index (χ1n) is 13.3. The first kappa shape index (κ1) is 28.7. The molecule has 3 rings (SSSR count). The zero-order valence-corrected chi connectivity index (χ0v) is 22.4. The van der Waals surface area contributed by atoms with Crippen LogP contribution in [0.5, 0.6) is 5.75 Å². The Morgan fingerprint density at radius 2 is 1.46 bits per heavy atom. The van der Waals surface area contributed by atoms with Crippen molar-refractivity contribution in [2.24, 2.45) is 5.73 Å². The molecule has 2 aromatic carbocycles. The summed E-state index contributed by atoms with van der Waals surface area (Å²) in [7, 11) is 0. The average Bonchev–Trinajstić information content (AvgIpc) is 2.85. The largest absolute Gasteiger partial charge is 0.491 e. The summed E-state index contributed by atoms with van der Waals surface area (Å²) < 4.78 is 22.8. The van der Waals surface area contributed by atoms with Crippen LogP contribution in [0.25, 0.3) is 0 Å². The number of carbonyl (C=O) groups excluding carboxylic acids is 2. The topological polar surface area (TPSA) is 97.1 Å². The number of benzene rings is 2. The van der Waals surface area contributed by atoms with Gasteiger partial charge < -0.3 is 24.7 Å². The van der Waals surface area contributed by atoms with Gasteiger partial charge in [-0.25, -0.2) is 9.59 Å². The van der Waals surface area contributed by atoms with Gasteiger partial charge in [-0.1, -0.05) is 74.6 Å². The van der Waals surface area contributed by atoms with E-state index < -0.39 is 23.1 Å². The molecule has 7 heteroatoms. The van der Waals surface area contributed by atoms with Gasteiger partial charge in [-0.05, 0) is 56.9 Å². The molecule has 2 N–H and O–H groups in total. The third-order valence-corrected chi connectivity index (χ3v) is 6.32. The number of hydrogen-bond donors (Lipinski definition) is 1. The van der Waals surface area contributed by atoms with Crippen LogP contribution in [0.15, 0.2) is 54.6 Å². The maximum absolute atomic E-state index is 13.2. The molecule has 7 nitrogen and oxygen atoms in total. The summed E-state index contributed by atoms with van der Waals surface area (Å²) in [5.41, 5.74) is 4.54. The summed E-state index contributed by atoms with van der Waals surface area (Å²) in [6.07, 6.45) is 8.87. The smallest absolute Gasteiger partial charge is 0.343 e. The van der Waals surface area contributed by atoms with Crippen LogP contribution in [0, 0.1) is 0 Å². The van der Waals surface area contributed by atoms with Crippen LogP contribution in [0.2, 0.25) is 0 Å². The van der Waals surface area contributed by atoms with Crippen LogP contribution in [-0.4, -0.2) is 36.9 Å². The van der Waals surface area contributed by atoms with E-state index in [0.29, 0.717) is 25.1 Å². The number of nitrogens with two attached hydrogens (primary N) is 1. The van der Waals surface area contributed by atoms with Gasteiger partial charge in [0, 0.05) is 0 Å². The Balaban J connectivity index is 1.63. The minimum absolute atomic E-state index is 0.0103. The van der Waals surface area contributed by atoms with E-state index in [1.807, 2.05) is 30.3 Å². The van der Waals surface area contributed by atoms with E-state index in [0.717, 1.165) is 18.4 Å². The van der Waals surface area contributed by atoms with E-state index in [1.54, 1.807) is 45.0 Å². The van der Waals surface area contributed by atoms with Crippen molar-refractivity contribution in [3.63, 3.8) is 0 Å². The fourth-order valence-electron chi connectivity index (χ4n) is 4.29. The maximum Gasteiger partial charge on any atom is 0.343 e. The predicted octanol–water partition coefficient (Wildman–Crippen LogP) is 5.43. The molecular formula is C30H41NO6. The molecule has 0 unspecified atom stereocenters. The summed E-state index contributed by atoms with van der Waals surface area (Å²) in [4.78, 5) is 26.3. The van der Waals surface area contributed by atoms with Gasteiger partial charge in [-0.2, -0.15) is 0 Å². The Morgan fingerprint density at radius 1 is 0.838 bits per heavy atom. The second-order valence-corrected chi connectivity index (χ2v) is 10.6. The summed E-state index contributed by atoms with van der Waals surface area (Å²) >= 11 is 0. The summed E-state index contributed by atoms with van der Waals surface area (Å²) in [6, 6.07) is 15.8. The van der Waals surface area contributed by atoms with Gasteiger partial charge in [0.05, 0.1) is 12.7 Å². The maximum atomic E-state index is 13.2. The van der Waals surface area contributed by atoms with Gasteiger partial charge in [0.2, 0.25) is 5.54 Å². The lowest BCUT2D eigenvalue weighted by atomic mass is 9.90. The van der Waals surface area contributed by atoms with Crippen molar-refractivity contribution in [2.45, 2.75) is 89.6 Å². The fraction of sp³-hybridized carbons (Fsp3) is 0.533. The van der Waals surface area contributed by atoms with Crippen LogP contribution in [0.1, 0.15) is 76.8 Å². The van der Waals surface area contributed by atoms with Crippen LogP contribution < -0.4 is 10.5 Å². The summed E-state index contributed by atoms with van der Waals surface area (Å²) in [5, 5.41) is 0. The van der Waals surface area contributed by atoms with Crippen LogP contribution >= 0.6 is 0 Å². The Bertz CT molecular complexity index is 977. The number of carbonyl (C=O) groups is 2. The summed E-state index contributed by atoms with van der Waals surface area (Å²) in [5.74, 6) is -1.17. The predicted molar refractivity (Wildman–Crippen MR) is 142 cm³/mol. The van der Waals surface area contributed by atoms with Gasteiger partial charge in [0.25, 0.3) is 0 Å². The normalized spacial score (nSPS) is 16.6. The third-order valence-electron chi connectivity index (χ3n) is 6.32. The second kappa shape index (κ2) is 13.6. The van der Waals surface area contributed by atoms with E-state index in [4.69, 9.17) is 24.7 Å². The molecule has 0 aromatic heterocycles. The van der Waals surface area contributed by atoms with E-state index in [1.165, 1.54) is 32.1 Å². The number of ether oxygens (including phenoxy) is 4. The monoisotopic (exact) mass is 511 g/mol. The highest BCUT2D eigenvalue weighted by atomic mass is 16.6. The molecule has 0 bridgehead atoms. The first-order valence-corrected chi connectivity index (χ1v) is 13.3. The van der Waals surface area contributed by atoms with E-state index in [2.05, 4.69) is 0 Å². The van der Waals surface area contributed by atoms with Gasteiger partial charge in [0.1, 0.15) is 24.6 Å². The lowest BCUT2D eigenvalue weighted by molar-refractivity contribution is -0.173. The standard InChI is InChI=1S/C30H41NO6/c1-29(2,3)37-28(33)30(31,27(32)36-22-23-12-8-7-9-13-23)24-16-18-26(19-17-24)35-21-20-34-25-14-10-5-4-6-11-15-25/h7-9,12-13,16-19,25H,4-6,10-11,14-15,20-22,31H2,1-3H3/t30-/m0/s1. The van der Waals surface area contributed by atoms with Crippen molar-refractivity contribution >= 4 is 11.9 Å². The van der Waals surface area contributed by atoms with E-state index in [-0.39, 0.29) is 12.2 Å². The SMILES string of the molecule is CC(C)(C)OC(=O)[C@@](N)(C(=O)OCc1ccccc1)c1ccc(OCCOC2CCCCCCC2)cc1. The molecule has 1 aliphatic carbocycles. The van der Waals surface area contributed by atoms with E-state index in [9.17, 15) is 9.59 Å². The quantitative estimate of drug-likeness (QED) is 0.258. The lowest BCUT2D eigenvalue weighted by Gasteiger charge is -2.30. The first-order chi connectivity index (χ1) is 17.7. The van der Waals surface area contributed by atoms with E-state index >= 15 is 0 Å². The minimum atomic E-state index is -2.12. The molecule has 1 atom stereocenters.